The number of aromatic nitrogens is 1. The van der Waals surface area contributed by atoms with Gasteiger partial charge in [0.25, 0.3) is 5.91 Å². The number of aryl methyl sites for hydroxylation is 1. The molecule has 0 bridgehead atoms. The Kier molecular flexibility index (Phi) is 4.65. The molecule has 5 nitrogen and oxygen atoms in total. The Morgan fingerprint density at radius 1 is 1.29 bits per heavy atom. The molecular weight excluding hydrogens is 266 g/mol. The van der Waals surface area contributed by atoms with Crippen LogP contribution in [0.2, 0.25) is 0 Å². The molecule has 0 saturated heterocycles. The van der Waals surface area contributed by atoms with Gasteiger partial charge in [0.15, 0.2) is 0 Å². The molecule has 2 rings (SSSR count). The van der Waals surface area contributed by atoms with Crippen LogP contribution >= 0.6 is 0 Å². The second-order valence-electron chi connectivity index (χ2n) is 4.86. The Morgan fingerprint density at radius 3 is 2.52 bits per heavy atom. The topological polar surface area (TPSA) is 69.3 Å². The maximum absolute atomic E-state index is 12.1. The van der Waals surface area contributed by atoms with E-state index in [2.05, 4.69) is 9.88 Å². The second kappa shape index (κ2) is 6.45. The van der Waals surface area contributed by atoms with Gasteiger partial charge in [-0.2, -0.15) is 0 Å². The van der Waals surface area contributed by atoms with E-state index in [9.17, 15) is 4.79 Å². The number of hydrogen-bond acceptors (Lipinski definition) is 3. The fourth-order valence-corrected chi connectivity index (χ4v) is 2.40. The van der Waals surface area contributed by atoms with Crippen LogP contribution in [0.4, 0.5) is 0 Å². The first kappa shape index (κ1) is 15.1. The number of nitrogens with two attached hydrogens (primary N) is 1. The van der Waals surface area contributed by atoms with Gasteiger partial charge in [0, 0.05) is 30.2 Å². The highest BCUT2D eigenvalue weighted by molar-refractivity contribution is 5.95. The zero-order valence-corrected chi connectivity index (χ0v) is 12.6. The van der Waals surface area contributed by atoms with Crippen LogP contribution in [0.3, 0.4) is 0 Å². The molecule has 0 atom stereocenters. The summed E-state index contributed by atoms with van der Waals surface area (Å²) in [5.74, 6) is 0.718. The van der Waals surface area contributed by atoms with Crippen molar-refractivity contribution in [1.82, 2.24) is 9.88 Å². The van der Waals surface area contributed by atoms with Crippen molar-refractivity contribution in [3.63, 3.8) is 0 Å². The number of amides is 1. The molecule has 0 fully saturated rings. The molecule has 21 heavy (non-hydrogen) atoms. The fourth-order valence-electron chi connectivity index (χ4n) is 2.40. The Morgan fingerprint density at radius 2 is 1.95 bits per heavy atom. The first-order valence-corrected chi connectivity index (χ1v) is 6.90. The number of nitrogens with zero attached hydrogens (tertiary/aromatic N) is 1. The highest BCUT2D eigenvalue weighted by Gasteiger charge is 2.16. The number of ether oxygens (including phenoxy) is 1. The maximum Gasteiger partial charge on any atom is 0.253 e. The lowest BCUT2D eigenvalue weighted by molar-refractivity contribution is 0.0954. The summed E-state index contributed by atoms with van der Waals surface area (Å²) in [4.78, 5) is 12.1. The van der Waals surface area contributed by atoms with Crippen LogP contribution < -0.4 is 15.8 Å². The number of carbonyl (C=O) groups is 1. The summed E-state index contributed by atoms with van der Waals surface area (Å²) in [6.45, 7) is 4.83. The minimum Gasteiger partial charge on any atom is -0.497 e. The maximum atomic E-state index is 12.1. The van der Waals surface area contributed by atoms with Gasteiger partial charge in [-0.05, 0) is 44.2 Å². The summed E-state index contributed by atoms with van der Waals surface area (Å²) in [5, 5.41) is 2.80. The van der Waals surface area contributed by atoms with Crippen molar-refractivity contribution < 1.29 is 9.53 Å². The fraction of sp³-hybridized carbons (Fsp3) is 0.312. The summed E-state index contributed by atoms with van der Waals surface area (Å²) < 4.78 is 7.22. The molecule has 5 heteroatoms. The number of methoxy groups -OCH3 is 1. The summed E-state index contributed by atoms with van der Waals surface area (Å²) in [7, 11) is 1.64. The predicted molar refractivity (Wildman–Crippen MR) is 83.2 cm³/mol. The van der Waals surface area contributed by atoms with Gasteiger partial charge in [0.05, 0.1) is 12.7 Å². The number of nitrogens with one attached hydrogen (secondary N) is 1. The Balaban J connectivity index is 2.36. The molecule has 0 radical (unpaired) electrons. The van der Waals surface area contributed by atoms with Crippen LogP contribution in [0.5, 0.6) is 5.75 Å². The van der Waals surface area contributed by atoms with Crippen molar-refractivity contribution in [2.24, 2.45) is 5.73 Å². The van der Waals surface area contributed by atoms with E-state index in [1.54, 1.807) is 7.11 Å². The normalized spacial score (nSPS) is 10.5. The van der Waals surface area contributed by atoms with E-state index in [0.29, 0.717) is 18.7 Å². The minimum absolute atomic E-state index is 0.0895. The van der Waals surface area contributed by atoms with Crippen molar-refractivity contribution in [2.45, 2.75) is 13.8 Å². The minimum atomic E-state index is -0.0895. The van der Waals surface area contributed by atoms with E-state index in [1.807, 2.05) is 44.2 Å². The van der Waals surface area contributed by atoms with E-state index >= 15 is 0 Å². The average Bonchev–Trinajstić information content (AvgIpc) is 2.80. The third kappa shape index (κ3) is 3.08. The average molecular weight is 287 g/mol. The second-order valence-corrected chi connectivity index (χ2v) is 4.86. The zero-order valence-electron chi connectivity index (χ0n) is 12.6. The molecule has 1 heterocycles. The molecule has 0 spiro atoms. The lowest BCUT2D eigenvalue weighted by Gasteiger charge is -2.11. The van der Waals surface area contributed by atoms with E-state index < -0.39 is 0 Å². The number of benzene rings is 1. The van der Waals surface area contributed by atoms with Gasteiger partial charge in [-0.25, -0.2) is 0 Å². The van der Waals surface area contributed by atoms with Crippen LogP contribution in [0.1, 0.15) is 21.7 Å². The number of rotatable bonds is 5. The molecule has 112 valence electrons. The van der Waals surface area contributed by atoms with Gasteiger partial charge >= 0.3 is 0 Å². The van der Waals surface area contributed by atoms with E-state index in [0.717, 1.165) is 22.8 Å². The number of hydrogen-bond donors (Lipinski definition) is 2. The van der Waals surface area contributed by atoms with Crippen molar-refractivity contribution in [3.05, 3.63) is 47.3 Å². The van der Waals surface area contributed by atoms with Crippen LogP contribution in [0.15, 0.2) is 30.3 Å². The molecular formula is C16H21N3O2. The van der Waals surface area contributed by atoms with Crippen molar-refractivity contribution in [2.75, 3.05) is 20.2 Å². The largest absolute Gasteiger partial charge is 0.497 e. The van der Waals surface area contributed by atoms with Crippen LogP contribution in [-0.4, -0.2) is 30.7 Å². The molecule has 1 aromatic heterocycles. The van der Waals surface area contributed by atoms with Crippen LogP contribution in [0.25, 0.3) is 5.69 Å². The Bertz CT molecular complexity index is 630. The first-order chi connectivity index (χ1) is 10.1. The molecule has 0 saturated carbocycles. The SMILES string of the molecule is COc1ccc(-n2c(C)cc(C(=O)NCCN)c2C)cc1. The van der Waals surface area contributed by atoms with Gasteiger partial charge in [0.2, 0.25) is 0 Å². The lowest BCUT2D eigenvalue weighted by atomic mass is 10.2. The lowest BCUT2D eigenvalue weighted by Crippen LogP contribution is -2.29. The quantitative estimate of drug-likeness (QED) is 0.881. The molecule has 0 aliphatic heterocycles. The zero-order chi connectivity index (χ0) is 15.4. The van der Waals surface area contributed by atoms with Gasteiger partial charge in [0.1, 0.15) is 5.75 Å². The standard InChI is InChI=1S/C16H21N3O2/c1-11-10-15(16(20)18-9-8-17)12(2)19(11)13-4-6-14(21-3)7-5-13/h4-7,10H,8-9,17H2,1-3H3,(H,18,20). The first-order valence-electron chi connectivity index (χ1n) is 6.90. The third-order valence-electron chi connectivity index (χ3n) is 3.44. The van der Waals surface area contributed by atoms with Crippen molar-refractivity contribution in [1.29, 1.82) is 0 Å². The van der Waals surface area contributed by atoms with Gasteiger partial charge < -0.3 is 20.4 Å². The summed E-state index contributed by atoms with van der Waals surface area (Å²) in [5.41, 5.74) is 9.01. The molecule has 1 aromatic carbocycles. The monoisotopic (exact) mass is 287 g/mol. The Labute approximate surface area is 124 Å². The van der Waals surface area contributed by atoms with E-state index in [-0.39, 0.29) is 5.91 Å². The molecule has 0 aliphatic carbocycles. The molecule has 3 N–H and O–H groups in total. The van der Waals surface area contributed by atoms with Crippen LogP contribution in [0, 0.1) is 13.8 Å². The van der Waals surface area contributed by atoms with Gasteiger partial charge in [-0.15, -0.1) is 0 Å². The predicted octanol–water partition coefficient (Wildman–Crippen LogP) is 1.79. The summed E-state index contributed by atoms with van der Waals surface area (Å²) in [6, 6.07) is 9.65. The van der Waals surface area contributed by atoms with Gasteiger partial charge in [-0.1, -0.05) is 0 Å². The summed E-state index contributed by atoms with van der Waals surface area (Å²) >= 11 is 0. The Hall–Kier alpha value is -2.27. The molecule has 1 amide bonds. The van der Waals surface area contributed by atoms with Gasteiger partial charge in [-0.3, -0.25) is 4.79 Å². The molecule has 0 aliphatic rings. The van der Waals surface area contributed by atoms with Crippen molar-refractivity contribution >= 4 is 5.91 Å². The van der Waals surface area contributed by atoms with E-state index in [1.165, 1.54) is 0 Å². The molecule has 2 aromatic rings. The number of carbonyl (C=O) groups excluding carboxylic acids is 1. The van der Waals surface area contributed by atoms with E-state index in [4.69, 9.17) is 10.5 Å². The highest BCUT2D eigenvalue weighted by Crippen LogP contribution is 2.22. The summed E-state index contributed by atoms with van der Waals surface area (Å²) in [6.07, 6.45) is 0. The van der Waals surface area contributed by atoms with Crippen molar-refractivity contribution in [3.8, 4) is 11.4 Å². The highest BCUT2D eigenvalue weighted by atomic mass is 16.5. The molecule has 0 unspecified atom stereocenters. The third-order valence-corrected chi connectivity index (χ3v) is 3.44. The van der Waals surface area contributed by atoms with Crippen LogP contribution in [-0.2, 0) is 0 Å². The smallest absolute Gasteiger partial charge is 0.253 e.